The average molecular weight is 307 g/mol. The van der Waals surface area contributed by atoms with Crippen LogP contribution in [0.15, 0.2) is 30.3 Å². The second-order valence-corrected chi connectivity index (χ2v) is 5.01. The minimum absolute atomic E-state index is 0.132. The van der Waals surface area contributed by atoms with Crippen LogP contribution in [0.25, 0.3) is 0 Å². The van der Waals surface area contributed by atoms with Gasteiger partial charge in [-0.05, 0) is 36.4 Å². The van der Waals surface area contributed by atoms with Crippen molar-refractivity contribution in [3.63, 3.8) is 0 Å². The lowest BCUT2D eigenvalue weighted by atomic mass is 9.98. The quantitative estimate of drug-likeness (QED) is 0.848. The highest BCUT2D eigenvalue weighted by Crippen LogP contribution is 2.18. The highest BCUT2D eigenvalue weighted by atomic mass is 35.5. The molecule has 2 rings (SSSR count). The van der Waals surface area contributed by atoms with E-state index >= 15 is 0 Å². The SMILES string of the molecule is CCOc1nc(Cl)nc(NCCC(C)c2ccccc2)n1. The van der Waals surface area contributed by atoms with Crippen molar-refractivity contribution < 1.29 is 4.74 Å². The number of benzene rings is 1. The first-order valence-electron chi connectivity index (χ1n) is 7.02. The van der Waals surface area contributed by atoms with Crippen molar-refractivity contribution >= 4 is 17.5 Å². The minimum Gasteiger partial charge on any atom is -0.464 e. The topological polar surface area (TPSA) is 59.9 Å². The number of hydrogen-bond acceptors (Lipinski definition) is 5. The van der Waals surface area contributed by atoms with E-state index in [0.717, 1.165) is 13.0 Å². The van der Waals surface area contributed by atoms with E-state index in [2.05, 4.69) is 51.5 Å². The lowest BCUT2D eigenvalue weighted by molar-refractivity contribution is 0.312. The van der Waals surface area contributed by atoms with Crippen molar-refractivity contribution in [3.8, 4) is 6.01 Å². The molecule has 1 unspecified atom stereocenters. The molecule has 2 aromatic rings. The van der Waals surface area contributed by atoms with Gasteiger partial charge in [-0.15, -0.1) is 0 Å². The van der Waals surface area contributed by atoms with E-state index < -0.39 is 0 Å². The lowest BCUT2D eigenvalue weighted by Gasteiger charge is -2.12. The zero-order valence-electron chi connectivity index (χ0n) is 12.2. The summed E-state index contributed by atoms with van der Waals surface area (Å²) in [5, 5.41) is 3.29. The Kier molecular flexibility index (Phi) is 5.75. The number of halogens is 1. The maximum atomic E-state index is 5.84. The van der Waals surface area contributed by atoms with Crippen LogP contribution in [-0.2, 0) is 0 Å². The molecule has 0 fully saturated rings. The standard InChI is InChI=1S/C15H19ClN4O/c1-3-21-15-19-13(16)18-14(20-15)17-10-9-11(2)12-7-5-4-6-8-12/h4-8,11H,3,9-10H2,1-2H3,(H,17,18,19,20). The van der Waals surface area contributed by atoms with Crippen LogP contribution in [0.3, 0.4) is 0 Å². The number of rotatable bonds is 7. The monoisotopic (exact) mass is 306 g/mol. The molecule has 0 aliphatic heterocycles. The molecule has 0 saturated carbocycles. The lowest BCUT2D eigenvalue weighted by Crippen LogP contribution is -2.10. The third-order valence-electron chi connectivity index (χ3n) is 3.09. The van der Waals surface area contributed by atoms with Crippen molar-refractivity contribution in [2.24, 2.45) is 0 Å². The second kappa shape index (κ2) is 7.78. The molecule has 5 nitrogen and oxygen atoms in total. The summed E-state index contributed by atoms with van der Waals surface area (Å²) in [4.78, 5) is 12.1. The van der Waals surface area contributed by atoms with Gasteiger partial charge in [0.25, 0.3) is 0 Å². The molecule has 1 aromatic heterocycles. The van der Waals surface area contributed by atoms with E-state index in [1.165, 1.54) is 5.56 Å². The molecule has 1 N–H and O–H groups in total. The highest BCUT2D eigenvalue weighted by Gasteiger charge is 2.07. The van der Waals surface area contributed by atoms with Crippen LogP contribution >= 0.6 is 11.6 Å². The molecule has 0 amide bonds. The summed E-state index contributed by atoms with van der Waals surface area (Å²) in [6, 6.07) is 10.7. The van der Waals surface area contributed by atoms with Crippen LogP contribution < -0.4 is 10.1 Å². The summed E-state index contributed by atoms with van der Waals surface area (Å²) in [6.45, 7) is 5.31. The van der Waals surface area contributed by atoms with Crippen LogP contribution in [0, 0.1) is 0 Å². The molecule has 0 saturated heterocycles. The average Bonchev–Trinajstić information content (AvgIpc) is 2.48. The molecule has 1 atom stereocenters. The van der Waals surface area contributed by atoms with E-state index in [0.29, 0.717) is 18.5 Å². The fourth-order valence-electron chi connectivity index (χ4n) is 1.95. The second-order valence-electron chi connectivity index (χ2n) is 4.67. The first-order chi connectivity index (χ1) is 10.2. The van der Waals surface area contributed by atoms with Gasteiger partial charge in [0.15, 0.2) is 0 Å². The first kappa shape index (κ1) is 15.5. The number of hydrogen-bond donors (Lipinski definition) is 1. The first-order valence-corrected chi connectivity index (χ1v) is 7.40. The normalized spacial score (nSPS) is 12.0. The Morgan fingerprint density at radius 2 is 1.95 bits per heavy atom. The molecular formula is C15H19ClN4O. The van der Waals surface area contributed by atoms with E-state index in [1.807, 2.05) is 13.0 Å². The van der Waals surface area contributed by atoms with Crippen molar-refractivity contribution in [2.45, 2.75) is 26.2 Å². The van der Waals surface area contributed by atoms with Crippen LogP contribution in [0.1, 0.15) is 31.7 Å². The number of nitrogens with zero attached hydrogens (tertiary/aromatic N) is 3. The molecular weight excluding hydrogens is 288 g/mol. The molecule has 0 aliphatic rings. The van der Waals surface area contributed by atoms with Crippen molar-refractivity contribution in [1.29, 1.82) is 0 Å². The molecule has 21 heavy (non-hydrogen) atoms. The largest absolute Gasteiger partial charge is 0.464 e. The van der Waals surface area contributed by atoms with Gasteiger partial charge in [0.05, 0.1) is 6.61 Å². The highest BCUT2D eigenvalue weighted by molar-refractivity contribution is 6.28. The van der Waals surface area contributed by atoms with Gasteiger partial charge in [-0.3, -0.25) is 0 Å². The van der Waals surface area contributed by atoms with Gasteiger partial charge in [-0.1, -0.05) is 37.3 Å². The molecule has 0 spiro atoms. The fourth-order valence-corrected chi connectivity index (χ4v) is 2.11. The maximum Gasteiger partial charge on any atom is 0.322 e. The Labute approximate surface area is 129 Å². The van der Waals surface area contributed by atoms with Crippen LogP contribution in [0.5, 0.6) is 6.01 Å². The number of aromatic nitrogens is 3. The predicted molar refractivity (Wildman–Crippen MR) is 84.0 cm³/mol. The van der Waals surface area contributed by atoms with Gasteiger partial charge in [0.1, 0.15) is 0 Å². The van der Waals surface area contributed by atoms with Crippen molar-refractivity contribution in [1.82, 2.24) is 15.0 Å². The van der Waals surface area contributed by atoms with Crippen molar-refractivity contribution in [2.75, 3.05) is 18.5 Å². The molecule has 0 aliphatic carbocycles. The zero-order chi connectivity index (χ0) is 15.1. The Hall–Kier alpha value is -1.88. The fraction of sp³-hybridized carbons (Fsp3) is 0.400. The van der Waals surface area contributed by atoms with Crippen LogP contribution in [-0.4, -0.2) is 28.1 Å². The van der Waals surface area contributed by atoms with Crippen LogP contribution in [0.4, 0.5) is 5.95 Å². The summed E-state index contributed by atoms with van der Waals surface area (Å²) >= 11 is 5.84. The van der Waals surface area contributed by atoms with E-state index in [9.17, 15) is 0 Å². The van der Waals surface area contributed by atoms with Gasteiger partial charge in [0.2, 0.25) is 11.2 Å². The van der Waals surface area contributed by atoms with Gasteiger partial charge in [-0.2, -0.15) is 15.0 Å². The molecule has 112 valence electrons. The smallest absolute Gasteiger partial charge is 0.322 e. The molecule has 0 radical (unpaired) electrons. The predicted octanol–water partition coefficient (Wildman–Crippen LogP) is 3.53. The van der Waals surface area contributed by atoms with E-state index in [4.69, 9.17) is 16.3 Å². The van der Waals surface area contributed by atoms with Crippen LogP contribution in [0.2, 0.25) is 5.28 Å². The van der Waals surface area contributed by atoms with Gasteiger partial charge >= 0.3 is 6.01 Å². The number of anilines is 1. The van der Waals surface area contributed by atoms with E-state index in [1.54, 1.807) is 0 Å². The summed E-state index contributed by atoms with van der Waals surface area (Å²) in [5.41, 5.74) is 1.32. The third kappa shape index (κ3) is 4.86. The van der Waals surface area contributed by atoms with Gasteiger partial charge in [0, 0.05) is 6.54 Å². The van der Waals surface area contributed by atoms with Gasteiger partial charge in [-0.25, -0.2) is 0 Å². The van der Waals surface area contributed by atoms with Crippen molar-refractivity contribution in [3.05, 3.63) is 41.2 Å². The summed E-state index contributed by atoms with van der Waals surface area (Å²) in [6.07, 6.45) is 0.970. The molecule has 0 bridgehead atoms. The number of nitrogens with one attached hydrogen (secondary N) is 1. The Balaban J connectivity index is 1.88. The van der Waals surface area contributed by atoms with Gasteiger partial charge < -0.3 is 10.1 Å². The Bertz CT molecular complexity index is 565. The number of ether oxygens (including phenoxy) is 1. The zero-order valence-corrected chi connectivity index (χ0v) is 13.0. The van der Waals surface area contributed by atoms with E-state index in [-0.39, 0.29) is 11.3 Å². The summed E-state index contributed by atoms with van der Waals surface area (Å²) < 4.78 is 5.24. The minimum atomic E-state index is 0.132. The molecule has 1 heterocycles. The Morgan fingerprint density at radius 1 is 1.19 bits per heavy atom. The molecule has 1 aromatic carbocycles. The summed E-state index contributed by atoms with van der Waals surface area (Å²) in [5.74, 6) is 0.904. The maximum absolute atomic E-state index is 5.84. The Morgan fingerprint density at radius 3 is 2.67 bits per heavy atom. The third-order valence-corrected chi connectivity index (χ3v) is 3.26. The summed E-state index contributed by atoms with van der Waals surface area (Å²) in [7, 11) is 0. The molecule has 6 heteroatoms.